The van der Waals surface area contributed by atoms with Crippen LogP contribution in [0.2, 0.25) is 0 Å². The third-order valence-corrected chi connectivity index (χ3v) is 9.63. The number of hydrogen-bond acceptors (Lipinski definition) is 7. The summed E-state index contributed by atoms with van der Waals surface area (Å²) >= 11 is 0. The van der Waals surface area contributed by atoms with Gasteiger partial charge in [0.05, 0.1) is 23.7 Å². The second kappa shape index (κ2) is 12.0. The Morgan fingerprint density at radius 3 is 2.56 bits per heavy atom. The minimum Gasteiger partial charge on any atom is -0.370 e. The molecule has 2 aromatic heterocycles. The van der Waals surface area contributed by atoms with E-state index in [1.165, 1.54) is 23.8 Å². The van der Waals surface area contributed by atoms with Gasteiger partial charge in [-0.2, -0.15) is 18.4 Å². The number of alkyl halides is 3. The fourth-order valence-electron chi connectivity index (χ4n) is 6.90. The zero-order valence-corrected chi connectivity index (χ0v) is 27.2. The number of nitrogens with zero attached hydrogens (tertiary/aromatic N) is 7. The predicted octanol–water partition coefficient (Wildman–Crippen LogP) is 7.04. The summed E-state index contributed by atoms with van der Waals surface area (Å²) in [5.41, 5.74) is 2.23. The van der Waals surface area contributed by atoms with Gasteiger partial charge in [0.2, 0.25) is 0 Å². The standard InChI is InChI=1S/C36H37F3N8O/c1-35(2)9-11-46(20-35)18-24-13-28-29(30(14-24)36(37,38)39)19-47(34(28)48)32-16-25(15-31(43-32)41-10-8-22-4-5-22)27-12-23(17-40)6-7-26(27)33-44-42-21-45(33)3/h6-7,12-16,21-22H,4-5,8-11,18-20H2,1-3H3,(H,41,43). The fourth-order valence-corrected chi connectivity index (χ4v) is 6.90. The van der Waals surface area contributed by atoms with Crippen LogP contribution in [0, 0.1) is 22.7 Å². The van der Waals surface area contributed by atoms with Crippen molar-refractivity contribution in [3.63, 3.8) is 0 Å². The van der Waals surface area contributed by atoms with Crippen LogP contribution in [0.5, 0.6) is 0 Å². The van der Waals surface area contributed by atoms with Crippen LogP contribution in [0.15, 0.2) is 48.8 Å². The number of aryl methyl sites for hydroxylation is 1. The Hall–Kier alpha value is -4.76. The molecule has 0 bridgehead atoms. The second-order valence-corrected chi connectivity index (χ2v) is 14.1. The number of amides is 1. The number of hydrogen-bond donors (Lipinski definition) is 1. The normalized spacial score (nSPS) is 17.5. The van der Waals surface area contributed by atoms with Crippen LogP contribution < -0.4 is 10.2 Å². The van der Waals surface area contributed by atoms with Gasteiger partial charge in [0.25, 0.3) is 5.91 Å². The minimum absolute atomic E-state index is 0.0419. The highest BCUT2D eigenvalue weighted by molar-refractivity contribution is 6.10. The van der Waals surface area contributed by atoms with E-state index in [-0.39, 0.29) is 28.9 Å². The largest absolute Gasteiger partial charge is 0.416 e. The molecule has 1 aliphatic carbocycles. The van der Waals surface area contributed by atoms with Gasteiger partial charge in [0.15, 0.2) is 5.82 Å². The molecule has 0 atom stereocenters. The van der Waals surface area contributed by atoms with E-state index in [0.29, 0.717) is 58.5 Å². The Kier molecular flexibility index (Phi) is 7.98. The summed E-state index contributed by atoms with van der Waals surface area (Å²) in [6, 6.07) is 13.8. The Bertz CT molecular complexity index is 1940. The molecule has 7 rings (SSSR count). The molecule has 1 amide bonds. The molecular weight excluding hydrogens is 617 g/mol. The van der Waals surface area contributed by atoms with Crippen LogP contribution in [0.4, 0.5) is 24.8 Å². The molecule has 4 heterocycles. The number of aromatic nitrogens is 4. The molecule has 12 heteroatoms. The molecule has 0 spiro atoms. The lowest BCUT2D eigenvalue weighted by Crippen LogP contribution is -2.25. The van der Waals surface area contributed by atoms with Crippen molar-refractivity contribution in [1.82, 2.24) is 24.6 Å². The summed E-state index contributed by atoms with van der Waals surface area (Å²) in [4.78, 5) is 22.3. The monoisotopic (exact) mass is 654 g/mol. The number of benzene rings is 2. The molecular formula is C36H37F3N8O. The molecule has 2 aliphatic heterocycles. The van der Waals surface area contributed by atoms with Gasteiger partial charge in [-0.15, -0.1) is 10.2 Å². The van der Waals surface area contributed by atoms with Gasteiger partial charge in [-0.3, -0.25) is 14.6 Å². The van der Waals surface area contributed by atoms with Crippen molar-refractivity contribution in [3.8, 4) is 28.6 Å². The molecule has 1 N–H and O–H groups in total. The van der Waals surface area contributed by atoms with E-state index < -0.39 is 17.6 Å². The van der Waals surface area contributed by atoms with Gasteiger partial charge < -0.3 is 9.88 Å². The molecule has 9 nitrogen and oxygen atoms in total. The predicted molar refractivity (Wildman–Crippen MR) is 176 cm³/mol. The molecule has 48 heavy (non-hydrogen) atoms. The first-order valence-corrected chi connectivity index (χ1v) is 16.3. The lowest BCUT2D eigenvalue weighted by molar-refractivity contribution is -0.138. The van der Waals surface area contributed by atoms with Gasteiger partial charge in [-0.25, -0.2) is 4.98 Å². The van der Waals surface area contributed by atoms with Gasteiger partial charge in [-0.1, -0.05) is 26.7 Å². The quantitative estimate of drug-likeness (QED) is 0.207. The van der Waals surface area contributed by atoms with E-state index in [0.717, 1.165) is 25.9 Å². The number of anilines is 2. The maximum absolute atomic E-state index is 14.6. The number of carbonyl (C=O) groups excluding carboxylic acids is 1. The smallest absolute Gasteiger partial charge is 0.370 e. The average molecular weight is 655 g/mol. The molecule has 2 aromatic carbocycles. The molecule has 1 saturated carbocycles. The topological polar surface area (TPSA) is 103 Å². The second-order valence-electron chi connectivity index (χ2n) is 14.1. The Balaban J connectivity index is 1.29. The van der Waals surface area contributed by atoms with Crippen molar-refractivity contribution < 1.29 is 18.0 Å². The number of pyridine rings is 1. The number of carbonyl (C=O) groups is 1. The molecule has 1 saturated heterocycles. The van der Waals surface area contributed by atoms with E-state index >= 15 is 0 Å². The van der Waals surface area contributed by atoms with Crippen LogP contribution in [-0.4, -0.2) is 50.2 Å². The summed E-state index contributed by atoms with van der Waals surface area (Å²) < 4.78 is 45.4. The number of nitriles is 1. The van der Waals surface area contributed by atoms with E-state index in [1.54, 1.807) is 41.2 Å². The van der Waals surface area contributed by atoms with E-state index in [9.17, 15) is 23.2 Å². The molecule has 4 aromatic rings. The van der Waals surface area contributed by atoms with E-state index in [1.807, 2.05) is 13.1 Å². The van der Waals surface area contributed by atoms with Gasteiger partial charge in [0.1, 0.15) is 18.0 Å². The summed E-state index contributed by atoms with van der Waals surface area (Å²) in [5.74, 6) is 1.44. The summed E-state index contributed by atoms with van der Waals surface area (Å²) in [5, 5.41) is 21.4. The molecule has 3 aliphatic rings. The van der Waals surface area contributed by atoms with Crippen LogP contribution in [0.1, 0.15) is 72.1 Å². The first kappa shape index (κ1) is 31.8. The highest BCUT2D eigenvalue weighted by atomic mass is 19.4. The van der Waals surface area contributed by atoms with Gasteiger partial charge >= 0.3 is 6.18 Å². The van der Waals surface area contributed by atoms with Crippen molar-refractivity contribution >= 4 is 17.5 Å². The Labute approximate surface area is 277 Å². The first-order valence-electron chi connectivity index (χ1n) is 16.3. The number of fused-ring (bicyclic) bond motifs is 1. The first-order chi connectivity index (χ1) is 22.9. The van der Waals surface area contributed by atoms with Crippen molar-refractivity contribution in [3.05, 3.63) is 76.6 Å². The van der Waals surface area contributed by atoms with Gasteiger partial charge in [0, 0.05) is 37.8 Å². The number of likely N-dealkylation sites (tertiary alicyclic amines) is 1. The number of rotatable bonds is 9. The number of halogens is 3. The maximum atomic E-state index is 14.6. The lowest BCUT2D eigenvalue weighted by Gasteiger charge is -2.21. The van der Waals surface area contributed by atoms with Crippen LogP contribution in [0.3, 0.4) is 0 Å². The summed E-state index contributed by atoms with van der Waals surface area (Å²) in [7, 11) is 1.82. The zero-order chi connectivity index (χ0) is 33.8. The Morgan fingerprint density at radius 1 is 1.08 bits per heavy atom. The van der Waals surface area contributed by atoms with Crippen molar-refractivity contribution in [2.24, 2.45) is 18.4 Å². The third kappa shape index (κ3) is 6.39. The highest BCUT2D eigenvalue weighted by Gasteiger charge is 2.41. The molecule has 2 fully saturated rings. The van der Waals surface area contributed by atoms with Gasteiger partial charge in [-0.05, 0) is 95.4 Å². The van der Waals surface area contributed by atoms with E-state index in [4.69, 9.17) is 4.98 Å². The highest BCUT2D eigenvalue weighted by Crippen LogP contribution is 2.42. The Morgan fingerprint density at radius 2 is 1.90 bits per heavy atom. The third-order valence-electron chi connectivity index (χ3n) is 9.63. The summed E-state index contributed by atoms with van der Waals surface area (Å²) in [6.07, 6.45) is 1.27. The molecule has 248 valence electrons. The van der Waals surface area contributed by atoms with Crippen molar-refractivity contribution in [1.29, 1.82) is 5.26 Å². The minimum atomic E-state index is -4.63. The fraction of sp³-hybridized carbons (Fsp3) is 0.417. The van der Waals surface area contributed by atoms with E-state index in [2.05, 4.69) is 40.3 Å². The van der Waals surface area contributed by atoms with Crippen LogP contribution in [-0.2, 0) is 26.3 Å². The SMILES string of the molecule is Cn1cnnc1-c1ccc(C#N)cc1-c1cc(NCCC2CC2)nc(N2Cc3c(cc(CN4CCC(C)(C)C4)cc3C(F)(F)F)C2=O)c1. The molecule has 0 unspecified atom stereocenters. The number of nitrogens with one attached hydrogen (secondary N) is 1. The average Bonchev–Trinajstić information content (AvgIpc) is 3.53. The van der Waals surface area contributed by atoms with Crippen molar-refractivity contribution in [2.75, 3.05) is 29.9 Å². The summed E-state index contributed by atoms with van der Waals surface area (Å²) in [6.45, 7) is 6.63. The maximum Gasteiger partial charge on any atom is 0.416 e. The van der Waals surface area contributed by atoms with Crippen LogP contribution in [0.25, 0.3) is 22.5 Å². The lowest BCUT2D eigenvalue weighted by atomic mass is 9.93. The zero-order valence-electron chi connectivity index (χ0n) is 27.2. The van der Waals surface area contributed by atoms with Crippen LogP contribution >= 0.6 is 0 Å². The molecule has 0 radical (unpaired) electrons. The van der Waals surface area contributed by atoms with Crippen molar-refractivity contribution in [2.45, 2.75) is 58.8 Å².